The minimum Gasteiger partial charge on any atom is -0.419 e. The highest BCUT2D eigenvalue weighted by Gasteiger charge is 2.18. The molecule has 0 aliphatic rings. The van der Waals surface area contributed by atoms with Crippen LogP contribution < -0.4 is 5.32 Å². The van der Waals surface area contributed by atoms with Crippen molar-refractivity contribution in [3.8, 4) is 11.5 Å². The first-order chi connectivity index (χ1) is 9.67. The Kier molecular flexibility index (Phi) is 4.90. The zero-order valence-corrected chi connectivity index (χ0v) is 12.7. The van der Waals surface area contributed by atoms with Gasteiger partial charge in [0.25, 0.3) is 0 Å². The summed E-state index contributed by atoms with van der Waals surface area (Å²) in [6, 6.07) is 6.32. The van der Waals surface area contributed by atoms with Gasteiger partial charge in [-0.15, -0.1) is 10.2 Å². The standard InChI is InChI=1S/C16H23N3O/c1-5-10-17-13(6-2)15-18-19-16(20-15)14-11(3)8-7-9-12(14)4/h7-9,13,17H,5-6,10H2,1-4H3. The SMILES string of the molecule is CCCNC(CC)c1nnc(-c2c(C)cccc2C)o1. The first-order valence-electron chi connectivity index (χ1n) is 7.30. The molecule has 0 saturated carbocycles. The Morgan fingerprint density at radius 2 is 1.85 bits per heavy atom. The van der Waals surface area contributed by atoms with E-state index in [1.807, 2.05) is 6.07 Å². The average molecular weight is 273 g/mol. The van der Waals surface area contributed by atoms with Gasteiger partial charge in [-0.3, -0.25) is 0 Å². The maximum Gasteiger partial charge on any atom is 0.248 e. The van der Waals surface area contributed by atoms with Crippen LogP contribution in [0.4, 0.5) is 0 Å². The van der Waals surface area contributed by atoms with E-state index >= 15 is 0 Å². The molecule has 1 unspecified atom stereocenters. The molecule has 1 atom stereocenters. The van der Waals surface area contributed by atoms with E-state index in [-0.39, 0.29) is 6.04 Å². The molecule has 0 aliphatic carbocycles. The smallest absolute Gasteiger partial charge is 0.248 e. The fourth-order valence-corrected chi connectivity index (χ4v) is 2.35. The van der Waals surface area contributed by atoms with Gasteiger partial charge < -0.3 is 9.73 Å². The van der Waals surface area contributed by atoms with Crippen molar-refractivity contribution in [3.05, 3.63) is 35.2 Å². The lowest BCUT2D eigenvalue weighted by Gasteiger charge is -2.11. The molecule has 0 saturated heterocycles. The van der Waals surface area contributed by atoms with Crippen LogP contribution in [-0.2, 0) is 0 Å². The van der Waals surface area contributed by atoms with Gasteiger partial charge in [-0.25, -0.2) is 0 Å². The van der Waals surface area contributed by atoms with Crippen molar-refractivity contribution < 1.29 is 4.42 Å². The molecule has 20 heavy (non-hydrogen) atoms. The largest absolute Gasteiger partial charge is 0.419 e. The Balaban J connectivity index is 2.28. The lowest BCUT2D eigenvalue weighted by Crippen LogP contribution is -2.21. The molecule has 0 radical (unpaired) electrons. The summed E-state index contributed by atoms with van der Waals surface area (Å²) >= 11 is 0. The third kappa shape index (κ3) is 3.07. The maximum atomic E-state index is 5.90. The first kappa shape index (κ1) is 14.7. The van der Waals surface area contributed by atoms with Crippen LogP contribution in [0.3, 0.4) is 0 Å². The second-order valence-corrected chi connectivity index (χ2v) is 5.13. The van der Waals surface area contributed by atoms with E-state index in [9.17, 15) is 0 Å². The predicted octanol–water partition coefficient (Wildman–Crippen LogP) is 3.80. The fraction of sp³-hybridized carbons (Fsp3) is 0.500. The van der Waals surface area contributed by atoms with E-state index in [0.717, 1.165) is 36.1 Å². The Hall–Kier alpha value is -1.68. The van der Waals surface area contributed by atoms with Crippen molar-refractivity contribution in [2.75, 3.05) is 6.54 Å². The number of nitrogens with zero attached hydrogens (tertiary/aromatic N) is 2. The van der Waals surface area contributed by atoms with Crippen LogP contribution in [0.5, 0.6) is 0 Å². The molecule has 1 aromatic carbocycles. The Bertz CT molecular complexity index is 542. The molecule has 2 aromatic rings. The third-order valence-electron chi connectivity index (χ3n) is 3.48. The number of benzene rings is 1. The summed E-state index contributed by atoms with van der Waals surface area (Å²) in [5, 5.41) is 11.9. The van der Waals surface area contributed by atoms with Crippen LogP contribution in [0.2, 0.25) is 0 Å². The number of hydrogen-bond acceptors (Lipinski definition) is 4. The van der Waals surface area contributed by atoms with Crippen molar-refractivity contribution in [3.63, 3.8) is 0 Å². The number of aromatic nitrogens is 2. The summed E-state index contributed by atoms with van der Waals surface area (Å²) in [6.45, 7) is 9.36. The molecule has 0 aliphatic heterocycles. The quantitative estimate of drug-likeness (QED) is 0.869. The monoisotopic (exact) mass is 273 g/mol. The molecule has 0 spiro atoms. The second-order valence-electron chi connectivity index (χ2n) is 5.13. The van der Waals surface area contributed by atoms with Gasteiger partial charge in [0.15, 0.2) is 0 Å². The maximum absolute atomic E-state index is 5.90. The van der Waals surface area contributed by atoms with Gasteiger partial charge in [0.1, 0.15) is 0 Å². The summed E-state index contributed by atoms with van der Waals surface area (Å²) in [6.07, 6.45) is 2.03. The van der Waals surface area contributed by atoms with Gasteiger partial charge in [-0.1, -0.05) is 32.0 Å². The highest BCUT2D eigenvalue weighted by molar-refractivity contribution is 5.62. The molecule has 2 rings (SSSR count). The molecule has 0 bridgehead atoms. The van der Waals surface area contributed by atoms with Gasteiger partial charge in [-0.05, 0) is 44.4 Å². The van der Waals surface area contributed by atoms with Crippen molar-refractivity contribution in [2.45, 2.75) is 46.6 Å². The third-order valence-corrected chi connectivity index (χ3v) is 3.48. The molecule has 1 heterocycles. The highest BCUT2D eigenvalue weighted by Crippen LogP contribution is 2.27. The summed E-state index contributed by atoms with van der Waals surface area (Å²) in [7, 11) is 0. The van der Waals surface area contributed by atoms with E-state index in [1.54, 1.807) is 0 Å². The summed E-state index contributed by atoms with van der Waals surface area (Å²) in [4.78, 5) is 0. The van der Waals surface area contributed by atoms with Gasteiger partial charge in [0.2, 0.25) is 11.8 Å². The average Bonchev–Trinajstić information content (AvgIpc) is 2.89. The molecule has 4 heteroatoms. The molecule has 1 aromatic heterocycles. The van der Waals surface area contributed by atoms with Crippen LogP contribution in [0.15, 0.2) is 22.6 Å². The Morgan fingerprint density at radius 3 is 2.45 bits per heavy atom. The first-order valence-corrected chi connectivity index (χ1v) is 7.30. The van der Waals surface area contributed by atoms with Crippen molar-refractivity contribution in [1.82, 2.24) is 15.5 Å². The van der Waals surface area contributed by atoms with Crippen LogP contribution in [-0.4, -0.2) is 16.7 Å². The second kappa shape index (κ2) is 6.66. The fourth-order valence-electron chi connectivity index (χ4n) is 2.35. The van der Waals surface area contributed by atoms with Crippen molar-refractivity contribution in [2.24, 2.45) is 0 Å². The predicted molar refractivity (Wildman–Crippen MR) is 80.5 cm³/mol. The molecule has 4 nitrogen and oxygen atoms in total. The molecule has 108 valence electrons. The van der Waals surface area contributed by atoms with E-state index < -0.39 is 0 Å². The summed E-state index contributed by atoms with van der Waals surface area (Å²) in [5.74, 6) is 1.30. The summed E-state index contributed by atoms with van der Waals surface area (Å²) in [5.41, 5.74) is 3.38. The Morgan fingerprint density at radius 1 is 1.15 bits per heavy atom. The van der Waals surface area contributed by atoms with Gasteiger partial charge in [-0.2, -0.15) is 0 Å². The highest BCUT2D eigenvalue weighted by atomic mass is 16.4. The number of hydrogen-bond donors (Lipinski definition) is 1. The van der Waals surface area contributed by atoms with E-state index in [1.165, 1.54) is 0 Å². The number of rotatable bonds is 6. The van der Waals surface area contributed by atoms with Crippen LogP contribution in [0.25, 0.3) is 11.5 Å². The lowest BCUT2D eigenvalue weighted by molar-refractivity contribution is 0.396. The van der Waals surface area contributed by atoms with Crippen molar-refractivity contribution >= 4 is 0 Å². The Labute approximate surface area is 120 Å². The van der Waals surface area contributed by atoms with Crippen molar-refractivity contribution in [1.29, 1.82) is 0 Å². The number of nitrogens with one attached hydrogen (secondary N) is 1. The van der Waals surface area contributed by atoms with Crippen LogP contribution in [0.1, 0.15) is 49.7 Å². The molecular weight excluding hydrogens is 250 g/mol. The zero-order chi connectivity index (χ0) is 14.5. The molecule has 0 amide bonds. The minimum absolute atomic E-state index is 0.139. The molecule has 1 N–H and O–H groups in total. The van der Waals surface area contributed by atoms with E-state index in [4.69, 9.17) is 4.42 Å². The van der Waals surface area contributed by atoms with E-state index in [0.29, 0.717) is 11.8 Å². The van der Waals surface area contributed by atoms with Crippen LogP contribution in [0, 0.1) is 13.8 Å². The molecular formula is C16H23N3O. The number of aryl methyl sites for hydroxylation is 2. The normalized spacial score (nSPS) is 12.6. The summed E-state index contributed by atoms with van der Waals surface area (Å²) < 4.78 is 5.90. The van der Waals surface area contributed by atoms with Gasteiger partial charge >= 0.3 is 0 Å². The van der Waals surface area contributed by atoms with Gasteiger partial charge in [0.05, 0.1) is 6.04 Å². The van der Waals surface area contributed by atoms with Crippen LogP contribution >= 0.6 is 0 Å². The van der Waals surface area contributed by atoms with E-state index in [2.05, 4.69) is 55.3 Å². The molecule has 0 fully saturated rings. The topological polar surface area (TPSA) is 51.0 Å². The minimum atomic E-state index is 0.139. The lowest BCUT2D eigenvalue weighted by atomic mass is 10.0. The zero-order valence-electron chi connectivity index (χ0n) is 12.7. The van der Waals surface area contributed by atoms with Gasteiger partial charge in [0, 0.05) is 5.56 Å².